The van der Waals surface area contributed by atoms with Gasteiger partial charge in [0.05, 0.1) is 11.0 Å². The summed E-state index contributed by atoms with van der Waals surface area (Å²) in [5.41, 5.74) is 8.87. The molecule has 0 radical (unpaired) electrons. The minimum absolute atomic E-state index is 0.116. The van der Waals surface area contributed by atoms with Gasteiger partial charge in [0, 0.05) is 31.1 Å². The van der Waals surface area contributed by atoms with Crippen molar-refractivity contribution >= 4 is 22.5 Å². The molecule has 1 aromatic heterocycles. The number of hydrogen-bond acceptors (Lipinski definition) is 2. The summed E-state index contributed by atoms with van der Waals surface area (Å²) in [6.45, 7) is 12.5. The van der Waals surface area contributed by atoms with Crippen LogP contribution in [0.4, 0.5) is 0 Å². The fourth-order valence-electron chi connectivity index (χ4n) is 5.64. The number of para-hydroxylation sites is 2. The predicted molar refractivity (Wildman–Crippen MR) is 153 cm³/mol. The molecule has 188 valence electrons. The van der Waals surface area contributed by atoms with Gasteiger partial charge in [-0.15, -0.1) is 6.58 Å². The monoisotopic (exact) mass is 489 g/mol. The Hall–Kier alpha value is -3.92. The maximum atomic E-state index is 13.4. The van der Waals surface area contributed by atoms with Crippen molar-refractivity contribution in [1.82, 2.24) is 14.5 Å². The first-order valence-electron chi connectivity index (χ1n) is 13.2. The van der Waals surface area contributed by atoms with E-state index < -0.39 is 0 Å². The molecule has 0 aliphatic carbocycles. The number of fused-ring (bicyclic) bond motifs is 1. The second-order valence-electron chi connectivity index (χ2n) is 10.0. The fourth-order valence-corrected chi connectivity index (χ4v) is 5.64. The lowest BCUT2D eigenvalue weighted by atomic mass is 9.91. The van der Waals surface area contributed by atoms with E-state index in [0.29, 0.717) is 5.92 Å². The first-order valence-corrected chi connectivity index (χ1v) is 13.2. The number of likely N-dealkylation sites (tertiary alicyclic amines) is 1. The van der Waals surface area contributed by atoms with Gasteiger partial charge in [-0.05, 0) is 80.1 Å². The molecule has 0 atom stereocenters. The smallest absolute Gasteiger partial charge is 0.253 e. The van der Waals surface area contributed by atoms with Crippen LogP contribution in [0.25, 0.3) is 16.6 Å². The Morgan fingerprint density at radius 1 is 1.00 bits per heavy atom. The zero-order chi connectivity index (χ0) is 25.9. The van der Waals surface area contributed by atoms with Crippen molar-refractivity contribution in [2.24, 2.45) is 0 Å². The highest BCUT2D eigenvalue weighted by molar-refractivity contribution is 5.95. The number of rotatable bonds is 6. The van der Waals surface area contributed by atoms with Crippen molar-refractivity contribution in [2.75, 3.05) is 13.1 Å². The number of carbonyl (C=O) groups is 1. The molecule has 0 spiro atoms. The first kappa shape index (κ1) is 24.8. The highest BCUT2D eigenvalue weighted by atomic mass is 16.2. The minimum atomic E-state index is 0.116. The molecule has 1 aliphatic heterocycles. The fraction of sp³-hybridized carbons (Fsp3) is 0.273. The average molecular weight is 490 g/mol. The molecular formula is C33H35N3O. The summed E-state index contributed by atoms with van der Waals surface area (Å²) >= 11 is 0. The third kappa shape index (κ3) is 4.89. The van der Waals surface area contributed by atoms with E-state index in [1.165, 1.54) is 22.3 Å². The summed E-state index contributed by atoms with van der Waals surface area (Å²) in [7, 11) is 0. The lowest BCUT2D eigenvalue weighted by Crippen LogP contribution is -2.38. The van der Waals surface area contributed by atoms with E-state index in [9.17, 15) is 4.79 Å². The van der Waals surface area contributed by atoms with Crippen molar-refractivity contribution in [2.45, 2.75) is 46.1 Å². The van der Waals surface area contributed by atoms with E-state index in [1.54, 1.807) is 0 Å². The van der Waals surface area contributed by atoms with E-state index in [2.05, 4.69) is 86.5 Å². The number of piperidine rings is 1. The van der Waals surface area contributed by atoms with Gasteiger partial charge >= 0.3 is 0 Å². The molecule has 37 heavy (non-hydrogen) atoms. The predicted octanol–water partition coefficient (Wildman–Crippen LogP) is 7.31. The van der Waals surface area contributed by atoms with Crippen molar-refractivity contribution in [3.05, 3.63) is 119 Å². The Morgan fingerprint density at radius 3 is 2.49 bits per heavy atom. The molecule has 5 rings (SSSR count). The zero-order valence-electron chi connectivity index (χ0n) is 22.1. The van der Waals surface area contributed by atoms with E-state index in [1.807, 2.05) is 29.2 Å². The molecule has 1 fully saturated rings. The topological polar surface area (TPSA) is 38.1 Å². The van der Waals surface area contributed by atoms with Crippen LogP contribution in [0.2, 0.25) is 0 Å². The van der Waals surface area contributed by atoms with Gasteiger partial charge in [0.2, 0.25) is 0 Å². The van der Waals surface area contributed by atoms with Gasteiger partial charge in [0.15, 0.2) is 0 Å². The molecule has 1 amide bonds. The minimum Gasteiger partial charge on any atom is -0.339 e. The molecule has 0 N–H and O–H groups in total. The van der Waals surface area contributed by atoms with Gasteiger partial charge in [-0.1, -0.05) is 60.2 Å². The van der Waals surface area contributed by atoms with Crippen LogP contribution in [-0.4, -0.2) is 33.4 Å². The number of aromatic nitrogens is 2. The molecule has 0 bridgehead atoms. The molecule has 4 aromatic rings. The Bertz CT molecular complexity index is 1480. The van der Waals surface area contributed by atoms with E-state index in [4.69, 9.17) is 4.98 Å². The molecule has 3 aromatic carbocycles. The maximum Gasteiger partial charge on any atom is 0.253 e. The number of benzene rings is 3. The highest BCUT2D eigenvalue weighted by Crippen LogP contribution is 2.32. The Labute approximate surface area is 220 Å². The molecule has 4 heteroatoms. The summed E-state index contributed by atoms with van der Waals surface area (Å²) in [6.07, 6.45) is 5.92. The Morgan fingerprint density at radius 2 is 1.78 bits per heavy atom. The van der Waals surface area contributed by atoms with Gasteiger partial charge in [0.25, 0.3) is 5.91 Å². The molecule has 0 saturated carbocycles. The van der Waals surface area contributed by atoms with Crippen molar-refractivity contribution in [1.29, 1.82) is 0 Å². The van der Waals surface area contributed by atoms with E-state index >= 15 is 0 Å². The second kappa shape index (κ2) is 10.6. The van der Waals surface area contributed by atoms with Crippen LogP contribution in [0.5, 0.6) is 0 Å². The van der Waals surface area contributed by atoms with Crippen LogP contribution in [0.3, 0.4) is 0 Å². The van der Waals surface area contributed by atoms with Crippen molar-refractivity contribution in [3.63, 3.8) is 0 Å². The van der Waals surface area contributed by atoms with Gasteiger partial charge < -0.3 is 9.47 Å². The number of imidazole rings is 1. The average Bonchev–Trinajstić information content (AvgIpc) is 3.28. The van der Waals surface area contributed by atoms with Crippen LogP contribution in [0.15, 0.2) is 85.5 Å². The molecule has 2 heterocycles. The van der Waals surface area contributed by atoms with Gasteiger partial charge in [0.1, 0.15) is 5.82 Å². The summed E-state index contributed by atoms with van der Waals surface area (Å²) in [5.74, 6) is 1.57. The van der Waals surface area contributed by atoms with Gasteiger partial charge in [-0.2, -0.15) is 0 Å². The largest absolute Gasteiger partial charge is 0.339 e. The Balaban J connectivity index is 1.31. The summed E-state index contributed by atoms with van der Waals surface area (Å²) < 4.78 is 2.28. The molecular weight excluding hydrogens is 454 g/mol. The number of hydrogen-bond donors (Lipinski definition) is 0. The van der Waals surface area contributed by atoms with Crippen LogP contribution in [0, 0.1) is 13.8 Å². The molecule has 0 unspecified atom stereocenters. The van der Waals surface area contributed by atoms with Gasteiger partial charge in [-0.3, -0.25) is 4.79 Å². The Kier molecular flexibility index (Phi) is 7.09. The number of aryl methyl sites for hydroxylation is 2. The van der Waals surface area contributed by atoms with Crippen molar-refractivity contribution < 1.29 is 4.79 Å². The molecule has 1 aliphatic rings. The standard InChI is InChI=1S/C33H35N3O/c1-5-18-36-31-13-8-7-12-30(31)34-32(36)25-16-19-35(20-17-25)33(37)27-14-15-29(24(4)22-27)28(6-2)26-11-9-10-23(3)21-26/h5-15,21-22,25H,1,16-20H2,2-4H3/b28-6-. The lowest BCUT2D eigenvalue weighted by Gasteiger charge is -2.32. The summed E-state index contributed by atoms with van der Waals surface area (Å²) in [5, 5.41) is 0. The third-order valence-electron chi connectivity index (χ3n) is 7.52. The van der Waals surface area contributed by atoms with E-state index in [0.717, 1.165) is 60.5 Å². The van der Waals surface area contributed by atoms with Crippen LogP contribution in [0.1, 0.15) is 64.1 Å². The van der Waals surface area contributed by atoms with Crippen molar-refractivity contribution in [3.8, 4) is 0 Å². The van der Waals surface area contributed by atoms with E-state index in [-0.39, 0.29) is 5.91 Å². The van der Waals surface area contributed by atoms with Crippen LogP contribution in [-0.2, 0) is 6.54 Å². The SMILES string of the molecule is C=CCn1c(C2CCN(C(=O)c3ccc(/C(=C\C)c4cccc(C)c4)c(C)c3)CC2)nc2ccccc21. The maximum absolute atomic E-state index is 13.4. The van der Waals surface area contributed by atoms with Gasteiger partial charge in [-0.25, -0.2) is 4.98 Å². The highest BCUT2D eigenvalue weighted by Gasteiger charge is 2.28. The second-order valence-corrected chi connectivity index (χ2v) is 10.0. The molecule has 4 nitrogen and oxygen atoms in total. The quantitative estimate of drug-likeness (QED) is 0.266. The number of carbonyl (C=O) groups excluding carboxylic acids is 1. The van der Waals surface area contributed by atoms with Crippen LogP contribution >= 0.6 is 0 Å². The summed E-state index contributed by atoms with van der Waals surface area (Å²) in [4.78, 5) is 20.4. The summed E-state index contributed by atoms with van der Waals surface area (Å²) in [6, 6.07) is 23.0. The first-order chi connectivity index (χ1) is 18.0. The number of amides is 1. The normalized spacial score (nSPS) is 14.8. The molecule has 1 saturated heterocycles. The zero-order valence-corrected chi connectivity index (χ0v) is 22.1. The van der Waals surface area contributed by atoms with Crippen LogP contribution < -0.4 is 0 Å². The number of allylic oxidation sites excluding steroid dienone is 2. The lowest BCUT2D eigenvalue weighted by molar-refractivity contribution is 0.0710. The third-order valence-corrected chi connectivity index (χ3v) is 7.52. The number of nitrogens with zero attached hydrogens (tertiary/aromatic N) is 3.